The first-order valence-electron chi connectivity index (χ1n) is 11.9. The Morgan fingerprint density at radius 3 is 1.97 bits per heavy atom. The second kappa shape index (κ2) is 35.6. The topological polar surface area (TPSA) is 120 Å². The van der Waals surface area contributed by atoms with E-state index >= 15 is 0 Å². The number of hydrogen-bond donors (Lipinski definition) is 2. The van der Waals surface area contributed by atoms with Crippen LogP contribution in [-0.4, -0.2) is 125 Å². The van der Waals surface area contributed by atoms with Crippen LogP contribution in [0.2, 0.25) is 0 Å². The standard InChI is InChI=1S/C21H41N3O7S7/c1-2-22-15-30-29-8-14-36-20-38-19-35-12-6-27-21(26)24-4-10-34-18-37-17-33-9-3-23-16-31-28-7-13-32-11-5-25/h15-16,25H,2-14,17-20H2,1H3,(H,24,26)/b22-15-,23-16+. The van der Waals surface area contributed by atoms with E-state index < -0.39 is 0 Å². The number of carbonyl (C=O) groups is 1. The molecule has 0 atom stereocenters. The molecular formula is C21H41N3O7S7. The lowest BCUT2D eigenvalue weighted by atomic mass is 10.7. The van der Waals surface area contributed by atoms with E-state index in [9.17, 15) is 4.79 Å². The number of rotatable bonds is 30. The van der Waals surface area contributed by atoms with Gasteiger partial charge in [-0.1, -0.05) is 0 Å². The van der Waals surface area contributed by atoms with Gasteiger partial charge >= 0.3 is 6.09 Å². The van der Waals surface area contributed by atoms with Crippen molar-refractivity contribution >= 4 is 101 Å². The molecule has 0 fully saturated rings. The Hall–Kier alpha value is 0.540. The maximum Gasteiger partial charge on any atom is 0.407 e. The Morgan fingerprint density at radius 2 is 1.32 bits per heavy atom. The summed E-state index contributed by atoms with van der Waals surface area (Å²) in [5.74, 6) is 4.94. The Kier molecular flexibility index (Phi) is 36.1. The summed E-state index contributed by atoms with van der Waals surface area (Å²) in [6.45, 7) is 5.51. The minimum Gasteiger partial charge on any atom is -0.449 e. The largest absolute Gasteiger partial charge is 0.449 e. The van der Waals surface area contributed by atoms with E-state index in [1.165, 1.54) is 12.8 Å². The van der Waals surface area contributed by atoms with Crippen LogP contribution in [0.15, 0.2) is 9.98 Å². The van der Waals surface area contributed by atoms with E-state index in [0.29, 0.717) is 45.2 Å². The number of amides is 1. The van der Waals surface area contributed by atoms with Gasteiger partial charge in [-0.3, -0.25) is 9.98 Å². The highest BCUT2D eigenvalue weighted by Crippen LogP contribution is 2.18. The molecule has 224 valence electrons. The van der Waals surface area contributed by atoms with Crippen molar-refractivity contribution in [3.05, 3.63) is 0 Å². The zero-order chi connectivity index (χ0) is 27.6. The van der Waals surface area contributed by atoms with Crippen LogP contribution in [0.5, 0.6) is 0 Å². The summed E-state index contributed by atoms with van der Waals surface area (Å²) >= 11 is 12.5. The first-order chi connectivity index (χ1) is 18.8. The van der Waals surface area contributed by atoms with E-state index in [-0.39, 0.29) is 12.7 Å². The van der Waals surface area contributed by atoms with Gasteiger partial charge in [0.15, 0.2) is 0 Å². The van der Waals surface area contributed by atoms with Crippen LogP contribution >= 0.6 is 82.3 Å². The molecule has 0 rings (SSSR count). The molecule has 0 spiro atoms. The van der Waals surface area contributed by atoms with Gasteiger partial charge in [-0.15, -0.1) is 70.6 Å². The van der Waals surface area contributed by atoms with Gasteiger partial charge in [0.2, 0.25) is 12.8 Å². The summed E-state index contributed by atoms with van der Waals surface area (Å²) in [6.07, 6.45) is 2.30. The van der Waals surface area contributed by atoms with Crippen LogP contribution in [0, 0.1) is 0 Å². The number of nitrogens with zero attached hydrogens (tertiary/aromatic N) is 2. The summed E-state index contributed by atoms with van der Waals surface area (Å²) in [5.41, 5.74) is 0. The van der Waals surface area contributed by atoms with Crippen LogP contribution in [-0.2, 0) is 24.3 Å². The highest BCUT2D eigenvalue weighted by atomic mass is 32.2. The maximum absolute atomic E-state index is 11.7. The average Bonchev–Trinajstić information content (AvgIpc) is 2.92. The predicted octanol–water partition coefficient (Wildman–Crippen LogP) is 4.64. The van der Waals surface area contributed by atoms with Crippen molar-refractivity contribution in [3.63, 3.8) is 0 Å². The van der Waals surface area contributed by atoms with Crippen molar-refractivity contribution in [2.45, 2.75) is 6.92 Å². The van der Waals surface area contributed by atoms with Gasteiger partial charge in [0.1, 0.15) is 19.8 Å². The van der Waals surface area contributed by atoms with Crippen LogP contribution in [0.3, 0.4) is 0 Å². The molecule has 0 aromatic rings. The Labute approximate surface area is 257 Å². The normalized spacial score (nSPS) is 11.4. The molecule has 0 aliphatic rings. The van der Waals surface area contributed by atoms with E-state index in [1.807, 2.05) is 42.2 Å². The molecule has 0 heterocycles. The van der Waals surface area contributed by atoms with Crippen molar-refractivity contribution in [2.75, 3.05) is 101 Å². The summed E-state index contributed by atoms with van der Waals surface area (Å²) in [4.78, 5) is 39.2. The number of ether oxygens (including phenoxy) is 1. The number of aliphatic hydroxyl groups excluding tert-OH is 1. The SMILES string of the molecule is CC/N=C\OOCCSCSCSCCOC(=O)NCCSCSCSCC/N=C/OOCCSCCO. The van der Waals surface area contributed by atoms with Gasteiger partial charge in [-0.05, 0) is 6.92 Å². The second-order valence-electron chi connectivity index (χ2n) is 6.36. The monoisotopic (exact) mass is 671 g/mol. The fourth-order valence-electron chi connectivity index (χ4n) is 1.82. The molecule has 0 aliphatic heterocycles. The van der Waals surface area contributed by atoms with Gasteiger partial charge < -0.3 is 24.9 Å². The van der Waals surface area contributed by atoms with E-state index in [4.69, 9.17) is 29.4 Å². The number of aliphatic hydroxyl groups is 1. The zero-order valence-corrected chi connectivity index (χ0v) is 27.5. The third-order valence-electron chi connectivity index (χ3n) is 3.42. The highest BCUT2D eigenvalue weighted by Gasteiger charge is 2.01. The van der Waals surface area contributed by atoms with Gasteiger partial charge in [0.05, 0.1) is 13.2 Å². The summed E-state index contributed by atoms with van der Waals surface area (Å²) < 4.78 is 5.19. The molecule has 0 aromatic carbocycles. The lowest BCUT2D eigenvalue weighted by Crippen LogP contribution is -2.27. The molecule has 1 amide bonds. The zero-order valence-electron chi connectivity index (χ0n) is 21.8. The fraction of sp³-hybridized carbons (Fsp3) is 0.857. The average molecular weight is 672 g/mol. The molecule has 0 unspecified atom stereocenters. The summed E-state index contributed by atoms with van der Waals surface area (Å²) in [7, 11) is 0. The van der Waals surface area contributed by atoms with Crippen molar-refractivity contribution in [1.82, 2.24) is 5.32 Å². The Balaban J connectivity index is 3.20. The van der Waals surface area contributed by atoms with Gasteiger partial charge in [0, 0.05) is 67.9 Å². The minimum absolute atomic E-state index is 0.182. The van der Waals surface area contributed by atoms with Crippen LogP contribution in [0.1, 0.15) is 6.92 Å². The molecule has 0 saturated carbocycles. The minimum atomic E-state index is -0.348. The molecule has 17 heteroatoms. The van der Waals surface area contributed by atoms with Crippen molar-refractivity contribution in [2.24, 2.45) is 9.98 Å². The van der Waals surface area contributed by atoms with E-state index in [2.05, 4.69) is 15.3 Å². The van der Waals surface area contributed by atoms with Crippen molar-refractivity contribution in [3.8, 4) is 0 Å². The molecule has 0 radical (unpaired) electrons. The number of nitrogens with one attached hydrogen (secondary N) is 1. The quantitative estimate of drug-likeness (QED) is 0.0276. The lowest BCUT2D eigenvalue weighted by Gasteiger charge is -2.07. The Morgan fingerprint density at radius 1 is 0.737 bits per heavy atom. The van der Waals surface area contributed by atoms with Crippen LogP contribution in [0.4, 0.5) is 4.79 Å². The van der Waals surface area contributed by atoms with Crippen molar-refractivity contribution in [1.29, 1.82) is 0 Å². The number of aliphatic imine (C=N–C) groups is 2. The fourth-order valence-corrected chi connectivity index (χ4v) is 8.75. The molecule has 2 N–H and O–H groups in total. The van der Waals surface area contributed by atoms with Gasteiger partial charge in [-0.2, -0.15) is 21.5 Å². The number of thioether (sulfide) groups is 7. The molecule has 0 aromatic heterocycles. The highest BCUT2D eigenvalue weighted by molar-refractivity contribution is 8.23. The molecule has 0 aliphatic carbocycles. The Bertz CT molecular complexity index is 559. The smallest absolute Gasteiger partial charge is 0.407 e. The first-order valence-corrected chi connectivity index (χ1v) is 20.0. The number of hydrogen-bond acceptors (Lipinski definition) is 16. The predicted molar refractivity (Wildman–Crippen MR) is 175 cm³/mol. The molecule has 38 heavy (non-hydrogen) atoms. The summed E-state index contributed by atoms with van der Waals surface area (Å²) in [5, 5.41) is 15.4. The number of carbonyl (C=O) groups excluding carboxylic acids is 1. The maximum atomic E-state index is 11.7. The molecule has 0 bridgehead atoms. The van der Waals surface area contributed by atoms with Crippen LogP contribution in [0.25, 0.3) is 0 Å². The number of alkyl carbamates (subject to hydrolysis) is 1. The summed E-state index contributed by atoms with van der Waals surface area (Å²) in [6, 6.07) is 0. The van der Waals surface area contributed by atoms with Gasteiger partial charge in [-0.25, -0.2) is 4.79 Å². The third kappa shape index (κ3) is 34.6. The third-order valence-corrected chi connectivity index (χ3v) is 11.6. The van der Waals surface area contributed by atoms with Gasteiger partial charge in [0.25, 0.3) is 0 Å². The first kappa shape index (κ1) is 38.5. The molecule has 0 saturated heterocycles. The molecular weight excluding hydrogens is 631 g/mol. The van der Waals surface area contributed by atoms with Crippen LogP contribution < -0.4 is 5.32 Å². The lowest BCUT2D eigenvalue weighted by molar-refractivity contribution is -0.210. The van der Waals surface area contributed by atoms with E-state index in [0.717, 1.165) is 49.1 Å². The molecule has 10 nitrogen and oxygen atoms in total. The van der Waals surface area contributed by atoms with Crippen molar-refractivity contribution < 1.29 is 34.2 Å². The van der Waals surface area contributed by atoms with E-state index in [1.54, 1.807) is 47.0 Å². The second-order valence-corrected chi connectivity index (χ2v) is 15.4.